The molecular weight excluding hydrogens is 420 g/mol. The van der Waals surface area contributed by atoms with Crippen molar-refractivity contribution in [3.8, 4) is 5.75 Å². The van der Waals surface area contributed by atoms with E-state index in [-0.39, 0.29) is 23.5 Å². The number of phenolic OH excluding ortho intramolecular Hbond substituents is 1. The number of carbonyl (C=O) groups is 3. The summed E-state index contributed by atoms with van der Waals surface area (Å²) in [5.74, 6) is -0.555. The van der Waals surface area contributed by atoms with Crippen LogP contribution in [-0.4, -0.2) is 36.0 Å². The average Bonchev–Trinajstić information content (AvgIpc) is 2.75. The SMILES string of the molecule is C=C(C)CC(=O)c1ccc(C(=O)OCC)cc1.C=C(C)Cc1cc(C(=O)OCC)ccc1O. The molecule has 0 aliphatic rings. The molecule has 2 aromatic carbocycles. The minimum absolute atomic E-state index is 0.00732. The maximum absolute atomic E-state index is 11.7. The highest BCUT2D eigenvalue weighted by Gasteiger charge is 2.10. The second-order valence-corrected chi connectivity index (χ2v) is 7.55. The predicted molar refractivity (Wildman–Crippen MR) is 129 cm³/mol. The largest absolute Gasteiger partial charge is 0.508 e. The van der Waals surface area contributed by atoms with E-state index in [1.165, 1.54) is 6.07 Å². The third kappa shape index (κ3) is 9.56. The van der Waals surface area contributed by atoms with Gasteiger partial charge in [0, 0.05) is 12.0 Å². The van der Waals surface area contributed by atoms with Gasteiger partial charge >= 0.3 is 11.9 Å². The molecule has 0 atom stereocenters. The summed E-state index contributed by atoms with van der Waals surface area (Å²) < 4.78 is 9.74. The minimum Gasteiger partial charge on any atom is -0.508 e. The van der Waals surface area contributed by atoms with E-state index in [4.69, 9.17) is 9.47 Å². The van der Waals surface area contributed by atoms with Crippen molar-refractivity contribution in [2.24, 2.45) is 0 Å². The summed E-state index contributed by atoms with van der Waals surface area (Å²) in [7, 11) is 0. The van der Waals surface area contributed by atoms with Gasteiger partial charge in [-0.15, -0.1) is 0 Å². The van der Waals surface area contributed by atoms with Gasteiger partial charge in [0.2, 0.25) is 0 Å². The number of carbonyl (C=O) groups excluding carboxylic acids is 3. The number of Topliss-reactive ketones (excluding diaryl/α,β-unsaturated/α-hetero) is 1. The van der Waals surface area contributed by atoms with Crippen LogP contribution in [0.15, 0.2) is 66.8 Å². The second-order valence-electron chi connectivity index (χ2n) is 7.55. The van der Waals surface area contributed by atoms with Crippen molar-refractivity contribution in [3.05, 3.63) is 89.0 Å². The Labute approximate surface area is 195 Å². The summed E-state index contributed by atoms with van der Waals surface area (Å²) >= 11 is 0. The first-order valence-electron chi connectivity index (χ1n) is 10.7. The first-order valence-corrected chi connectivity index (χ1v) is 10.7. The zero-order valence-corrected chi connectivity index (χ0v) is 19.8. The molecule has 0 aromatic heterocycles. The Morgan fingerprint density at radius 1 is 0.788 bits per heavy atom. The fourth-order valence-electron chi connectivity index (χ4n) is 2.78. The molecule has 0 unspecified atom stereocenters. The molecule has 6 nitrogen and oxygen atoms in total. The molecule has 6 heteroatoms. The number of aromatic hydroxyl groups is 1. The third-order valence-corrected chi connectivity index (χ3v) is 4.26. The van der Waals surface area contributed by atoms with Crippen molar-refractivity contribution in [2.45, 2.75) is 40.5 Å². The zero-order chi connectivity index (χ0) is 25.0. The lowest BCUT2D eigenvalue weighted by atomic mass is 10.0. The number of ether oxygens (including phenoxy) is 2. The van der Waals surface area contributed by atoms with E-state index in [0.29, 0.717) is 48.3 Å². The molecule has 0 heterocycles. The van der Waals surface area contributed by atoms with Crippen molar-refractivity contribution < 1.29 is 29.0 Å². The van der Waals surface area contributed by atoms with Crippen LogP contribution in [0.3, 0.4) is 0 Å². The van der Waals surface area contributed by atoms with E-state index in [1.54, 1.807) is 50.2 Å². The molecular formula is C27H32O6. The molecule has 0 aliphatic heterocycles. The molecule has 0 saturated heterocycles. The Bertz CT molecular complexity index is 1000. The van der Waals surface area contributed by atoms with Gasteiger partial charge in [-0.25, -0.2) is 9.59 Å². The molecule has 2 aromatic rings. The summed E-state index contributed by atoms with van der Waals surface area (Å²) in [6, 6.07) is 11.2. The summed E-state index contributed by atoms with van der Waals surface area (Å²) in [4.78, 5) is 34.5. The van der Waals surface area contributed by atoms with Gasteiger partial charge in [0.25, 0.3) is 0 Å². The van der Waals surface area contributed by atoms with Crippen LogP contribution in [0.25, 0.3) is 0 Å². The van der Waals surface area contributed by atoms with E-state index in [1.807, 2.05) is 13.8 Å². The van der Waals surface area contributed by atoms with Gasteiger partial charge in [-0.05, 0) is 70.0 Å². The van der Waals surface area contributed by atoms with Crippen LogP contribution in [-0.2, 0) is 15.9 Å². The molecule has 176 valence electrons. The van der Waals surface area contributed by atoms with E-state index >= 15 is 0 Å². The Morgan fingerprint density at radius 3 is 1.76 bits per heavy atom. The van der Waals surface area contributed by atoms with Gasteiger partial charge in [0.05, 0.1) is 24.3 Å². The number of rotatable bonds is 9. The normalized spacial score (nSPS) is 9.82. The van der Waals surface area contributed by atoms with Crippen LogP contribution >= 0.6 is 0 Å². The average molecular weight is 453 g/mol. The molecule has 0 fully saturated rings. The highest BCUT2D eigenvalue weighted by atomic mass is 16.5. The van der Waals surface area contributed by atoms with Crippen LogP contribution < -0.4 is 0 Å². The number of hydrogen-bond donors (Lipinski definition) is 1. The van der Waals surface area contributed by atoms with Crippen LogP contribution in [0.2, 0.25) is 0 Å². The second kappa shape index (κ2) is 13.7. The highest BCUT2D eigenvalue weighted by Crippen LogP contribution is 2.21. The molecule has 0 saturated carbocycles. The highest BCUT2D eigenvalue weighted by molar-refractivity contribution is 5.98. The van der Waals surface area contributed by atoms with Crippen molar-refractivity contribution in [1.82, 2.24) is 0 Å². The maximum Gasteiger partial charge on any atom is 0.338 e. The molecule has 0 amide bonds. The smallest absolute Gasteiger partial charge is 0.338 e. The van der Waals surface area contributed by atoms with E-state index in [0.717, 1.165) is 11.1 Å². The predicted octanol–water partition coefficient (Wildman–Crippen LogP) is 5.70. The van der Waals surface area contributed by atoms with Crippen LogP contribution in [0.5, 0.6) is 5.75 Å². The van der Waals surface area contributed by atoms with Gasteiger partial charge < -0.3 is 14.6 Å². The lowest BCUT2D eigenvalue weighted by Crippen LogP contribution is -2.05. The fraction of sp³-hybridized carbons (Fsp3) is 0.296. The molecule has 0 radical (unpaired) electrons. The van der Waals surface area contributed by atoms with Crippen molar-refractivity contribution >= 4 is 17.7 Å². The number of ketones is 1. The Balaban J connectivity index is 0.000000331. The van der Waals surface area contributed by atoms with E-state index in [2.05, 4.69) is 13.2 Å². The zero-order valence-electron chi connectivity index (χ0n) is 19.8. The van der Waals surface area contributed by atoms with Gasteiger partial charge in [-0.3, -0.25) is 4.79 Å². The molecule has 33 heavy (non-hydrogen) atoms. The number of hydrogen-bond acceptors (Lipinski definition) is 6. The van der Waals surface area contributed by atoms with Crippen LogP contribution in [0.4, 0.5) is 0 Å². The quantitative estimate of drug-likeness (QED) is 0.298. The molecule has 0 bridgehead atoms. The topological polar surface area (TPSA) is 89.9 Å². The molecule has 2 rings (SSSR count). The summed E-state index contributed by atoms with van der Waals surface area (Å²) in [5.41, 5.74) is 3.94. The maximum atomic E-state index is 11.7. The third-order valence-electron chi connectivity index (χ3n) is 4.26. The number of esters is 2. The van der Waals surface area contributed by atoms with Crippen molar-refractivity contribution in [3.63, 3.8) is 0 Å². The van der Waals surface area contributed by atoms with E-state index in [9.17, 15) is 19.5 Å². The Kier molecular flexibility index (Phi) is 11.3. The van der Waals surface area contributed by atoms with Gasteiger partial charge in [0.15, 0.2) is 5.78 Å². The Morgan fingerprint density at radius 2 is 1.27 bits per heavy atom. The number of allylic oxidation sites excluding steroid dienone is 2. The Hall–Kier alpha value is -3.67. The lowest BCUT2D eigenvalue weighted by molar-refractivity contribution is 0.0516. The monoisotopic (exact) mass is 452 g/mol. The first-order chi connectivity index (χ1) is 15.6. The number of benzene rings is 2. The van der Waals surface area contributed by atoms with Crippen molar-refractivity contribution in [2.75, 3.05) is 13.2 Å². The van der Waals surface area contributed by atoms with Crippen molar-refractivity contribution in [1.29, 1.82) is 0 Å². The summed E-state index contributed by atoms with van der Waals surface area (Å²) in [6.07, 6.45) is 0.887. The summed E-state index contributed by atoms with van der Waals surface area (Å²) in [6.45, 7) is 15.3. The first kappa shape index (κ1) is 27.4. The molecule has 1 N–H and O–H groups in total. The lowest BCUT2D eigenvalue weighted by Gasteiger charge is -2.07. The summed E-state index contributed by atoms with van der Waals surface area (Å²) in [5, 5.41) is 9.60. The van der Waals surface area contributed by atoms with E-state index < -0.39 is 0 Å². The molecule has 0 spiro atoms. The van der Waals surface area contributed by atoms with Crippen LogP contribution in [0.1, 0.15) is 70.8 Å². The van der Waals surface area contributed by atoms with Gasteiger partial charge in [-0.2, -0.15) is 0 Å². The van der Waals surface area contributed by atoms with Gasteiger partial charge in [0.1, 0.15) is 5.75 Å². The molecule has 0 aliphatic carbocycles. The number of phenols is 1. The van der Waals surface area contributed by atoms with Crippen LogP contribution in [0, 0.1) is 0 Å². The standard InChI is InChI=1S/C14H16O3.C13H16O3/c1-4-17-14(16)12-7-5-11(6-8-12)13(15)9-10(2)3;1-4-16-13(15)10-5-6-12(14)11(8-10)7-9(2)3/h5-8H,2,4,9H2,1,3H3;5-6,8,14H,2,4,7H2,1,3H3. The minimum atomic E-state index is -0.370. The fourth-order valence-corrected chi connectivity index (χ4v) is 2.78. The van der Waals surface area contributed by atoms with Gasteiger partial charge in [-0.1, -0.05) is 36.4 Å².